The Morgan fingerprint density at radius 2 is 1.84 bits per heavy atom. The lowest BCUT2D eigenvalue weighted by Crippen LogP contribution is -2.56. The van der Waals surface area contributed by atoms with Gasteiger partial charge in [-0.1, -0.05) is 0 Å². The molecule has 0 unspecified atom stereocenters. The van der Waals surface area contributed by atoms with Gasteiger partial charge in [0.1, 0.15) is 22.8 Å². The number of nitrogens with zero attached hydrogens (tertiary/aromatic N) is 4. The van der Waals surface area contributed by atoms with Crippen LogP contribution in [0.3, 0.4) is 0 Å². The maximum atomic E-state index is 13.4. The van der Waals surface area contributed by atoms with Crippen molar-refractivity contribution in [2.24, 2.45) is 0 Å². The van der Waals surface area contributed by atoms with E-state index in [1.807, 2.05) is 26.0 Å². The monoisotopic (exact) mass is 443 g/mol. The number of ether oxygens (including phenoxy) is 1. The van der Waals surface area contributed by atoms with Gasteiger partial charge in [0.05, 0.1) is 11.7 Å². The van der Waals surface area contributed by atoms with Crippen LogP contribution in [-0.2, 0) is 9.53 Å². The average Bonchev–Trinajstić information content (AvgIpc) is 3.27. The highest BCUT2D eigenvalue weighted by atomic mass is 16.6. The van der Waals surface area contributed by atoms with Crippen LogP contribution in [0.25, 0.3) is 0 Å². The number of amides is 2. The molecule has 0 aliphatic carbocycles. The SMILES string of the molecule is Cc1nc(Nc2cc(C)[nH]n2)cc([C@@H]2CCCN2C(=O)C(C)(C)NC(=O)OC(C)(C)C)n1. The Labute approximate surface area is 188 Å². The van der Waals surface area contributed by atoms with Crippen LogP contribution in [0, 0.1) is 13.8 Å². The van der Waals surface area contributed by atoms with Crippen LogP contribution >= 0.6 is 0 Å². The lowest BCUT2D eigenvalue weighted by Gasteiger charge is -2.34. The number of carbonyl (C=O) groups excluding carboxylic acids is 2. The van der Waals surface area contributed by atoms with Gasteiger partial charge in [0.15, 0.2) is 5.82 Å². The summed E-state index contributed by atoms with van der Waals surface area (Å²) in [6.07, 6.45) is 1.01. The molecule has 1 atom stereocenters. The fourth-order valence-electron chi connectivity index (χ4n) is 3.73. The van der Waals surface area contributed by atoms with Gasteiger partial charge >= 0.3 is 6.09 Å². The first kappa shape index (κ1) is 23.5. The molecule has 0 saturated carbocycles. The first-order valence-electron chi connectivity index (χ1n) is 10.8. The van der Waals surface area contributed by atoms with Crippen molar-refractivity contribution in [3.8, 4) is 0 Å². The van der Waals surface area contributed by atoms with E-state index in [9.17, 15) is 9.59 Å². The van der Waals surface area contributed by atoms with Crippen molar-refractivity contribution in [3.63, 3.8) is 0 Å². The molecule has 2 aromatic rings. The second kappa shape index (κ2) is 8.76. The van der Waals surface area contributed by atoms with E-state index in [1.165, 1.54) is 0 Å². The van der Waals surface area contributed by atoms with Gasteiger partial charge in [-0.2, -0.15) is 5.10 Å². The summed E-state index contributed by atoms with van der Waals surface area (Å²) in [5.74, 6) is 1.69. The van der Waals surface area contributed by atoms with E-state index in [1.54, 1.807) is 39.5 Å². The Balaban J connectivity index is 1.78. The summed E-state index contributed by atoms with van der Waals surface area (Å²) in [5.41, 5.74) is -0.0774. The molecular formula is C22H33N7O3. The van der Waals surface area contributed by atoms with E-state index in [0.29, 0.717) is 24.0 Å². The Morgan fingerprint density at radius 3 is 2.47 bits per heavy atom. The quantitative estimate of drug-likeness (QED) is 0.645. The second-order valence-electron chi connectivity index (χ2n) is 9.69. The predicted octanol–water partition coefficient (Wildman–Crippen LogP) is 3.53. The van der Waals surface area contributed by atoms with Crippen LogP contribution < -0.4 is 10.6 Å². The molecule has 3 heterocycles. The molecule has 1 fully saturated rings. The molecule has 2 amide bonds. The highest BCUT2D eigenvalue weighted by Gasteiger charge is 2.40. The predicted molar refractivity (Wildman–Crippen MR) is 121 cm³/mol. The van der Waals surface area contributed by atoms with Gasteiger partial charge in [-0.3, -0.25) is 9.89 Å². The van der Waals surface area contributed by atoms with E-state index in [2.05, 4.69) is 30.8 Å². The highest BCUT2D eigenvalue weighted by molar-refractivity contribution is 5.89. The summed E-state index contributed by atoms with van der Waals surface area (Å²) < 4.78 is 5.33. The van der Waals surface area contributed by atoms with Crippen LogP contribution in [0.1, 0.15) is 70.7 Å². The van der Waals surface area contributed by atoms with Gasteiger partial charge in [-0.05, 0) is 61.3 Å². The van der Waals surface area contributed by atoms with Crippen LogP contribution in [0.5, 0.6) is 0 Å². The first-order chi connectivity index (χ1) is 14.8. The minimum atomic E-state index is -1.12. The molecule has 10 nitrogen and oxygen atoms in total. The minimum absolute atomic E-state index is 0.181. The van der Waals surface area contributed by atoms with E-state index in [-0.39, 0.29) is 11.9 Å². The number of aromatic amines is 1. The summed E-state index contributed by atoms with van der Waals surface area (Å²) in [5, 5.41) is 13.0. The van der Waals surface area contributed by atoms with Gasteiger partial charge in [0.25, 0.3) is 0 Å². The van der Waals surface area contributed by atoms with Crippen LogP contribution in [0.2, 0.25) is 0 Å². The van der Waals surface area contributed by atoms with Crippen molar-refractivity contribution >= 4 is 23.6 Å². The summed E-state index contributed by atoms with van der Waals surface area (Å²) in [6.45, 7) is 13.1. The summed E-state index contributed by atoms with van der Waals surface area (Å²) >= 11 is 0. The average molecular weight is 444 g/mol. The highest BCUT2D eigenvalue weighted by Crippen LogP contribution is 2.34. The molecule has 0 aromatic carbocycles. The lowest BCUT2D eigenvalue weighted by atomic mass is 10.0. The third-order valence-electron chi connectivity index (χ3n) is 5.02. The molecule has 10 heteroatoms. The zero-order valence-electron chi connectivity index (χ0n) is 19.9. The summed E-state index contributed by atoms with van der Waals surface area (Å²) in [7, 11) is 0. The van der Waals surface area contributed by atoms with Crippen molar-refractivity contribution in [1.82, 2.24) is 30.4 Å². The molecule has 0 bridgehead atoms. The van der Waals surface area contributed by atoms with Gasteiger partial charge in [0.2, 0.25) is 5.91 Å². The molecule has 3 rings (SSSR count). The lowest BCUT2D eigenvalue weighted by molar-refractivity contribution is -0.138. The third-order valence-corrected chi connectivity index (χ3v) is 5.02. The first-order valence-corrected chi connectivity index (χ1v) is 10.8. The fraction of sp³-hybridized carbons (Fsp3) is 0.591. The topological polar surface area (TPSA) is 125 Å². The second-order valence-corrected chi connectivity index (χ2v) is 9.69. The molecule has 3 N–H and O–H groups in total. The molecule has 1 aliphatic rings. The standard InChI is InChI=1S/C22H33N7O3/c1-13-11-18(28-27-13)25-17-12-15(23-14(2)24-17)16-9-8-10-29(16)19(30)22(6,7)26-20(31)32-21(3,4)5/h11-12,16H,8-10H2,1-7H3,(H,26,31)(H2,23,24,25,27,28)/t16-/m0/s1. The Bertz CT molecular complexity index is 994. The van der Waals surface area contributed by atoms with Gasteiger partial charge < -0.3 is 20.3 Å². The van der Waals surface area contributed by atoms with Crippen molar-refractivity contribution < 1.29 is 14.3 Å². The largest absolute Gasteiger partial charge is 0.444 e. The van der Waals surface area contributed by atoms with Crippen molar-refractivity contribution in [2.75, 3.05) is 11.9 Å². The molecule has 174 valence electrons. The minimum Gasteiger partial charge on any atom is -0.444 e. The number of H-pyrrole nitrogens is 1. The molecule has 0 radical (unpaired) electrons. The number of aryl methyl sites for hydroxylation is 2. The number of anilines is 2. The Hall–Kier alpha value is -3.17. The third kappa shape index (κ3) is 5.74. The van der Waals surface area contributed by atoms with E-state index >= 15 is 0 Å². The van der Waals surface area contributed by atoms with Crippen molar-refractivity contribution in [2.45, 2.75) is 78.5 Å². The van der Waals surface area contributed by atoms with Crippen LogP contribution in [-0.4, -0.2) is 54.8 Å². The Morgan fingerprint density at radius 1 is 1.12 bits per heavy atom. The normalized spacial score (nSPS) is 16.7. The number of likely N-dealkylation sites (tertiary alicyclic amines) is 1. The number of rotatable bonds is 5. The number of hydrogen-bond donors (Lipinski definition) is 3. The van der Waals surface area contributed by atoms with E-state index in [0.717, 1.165) is 24.2 Å². The zero-order chi connectivity index (χ0) is 23.7. The molecule has 32 heavy (non-hydrogen) atoms. The number of hydrogen-bond acceptors (Lipinski definition) is 7. The smallest absolute Gasteiger partial charge is 0.408 e. The molecule has 1 aliphatic heterocycles. The zero-order valence-corrected chi connectivity index (χ0v) is 19.9. The van der Waals surface area contributed by atoms with Gasteiger partial charge in [-0.15, -0.1) is 0 Å². The van der Waals surface area contributed by atoms with Crippen molar-refractivity contribution in [1.29, 1.82) is 0 Å². The molecular weight excluding hydrogens is 410 g/mol. The van der Waals surface area contributed by atoms with Gasteiger partial charge in [-0.25, -0.2) is 14.8 Å². The van der Waals surface area contributed by atoms with Gasteiger partial charge in [0, 0.05) is 24.4 Å². The fourth-order valence-corrected chi connectivity index (χ4v) is 3.73. The summed E-state index contributed by atoms with van der Waals surface area (Å²) in [4.78, 5) is 36.5. The number of aromatic nitrogens is 4. The van der Waals surface area contributed by atoms with E-state index in [4.69, 9.17) is 4.74 Å². The van der Waals surface area contributed by atoms with Crippen molar-refractivity contribution in [3.05, 3.63) is 29.3 Å². The van der Waals surface area contributed by atoms with Crippen LogP contribution in [0.15, 0.2) is 12.1 Å². The number of carbonyl (C=O) groups is 2. The number of alkyl carbamates (subject to hydrolysis) is 1. The molecule has 0 spiro atoms. The molecule has 1 saturated heterocycles. The maximum Gasteiger partial charge on any atom is 0.408 e. The number of nitrogens with one attached hydrogen (secondary N) is 3. The van der Waals surface area contributed by atoms with Crippen LogP contribution in [0.4, 0.5) is 16.4 Å². The van der Waals surface area contributed by atoms with E-state index < -0.39 is 17.2 Å². The summed E-state index contributed by atoms with van der Waals surface area (Å²) in [6, 6.07) is 3.53. The Kier molecular flexibility index (Phi) is 6.43. The maximum absolute atomic E-state index is 13.4. The molecule has 2 aromatic heterocycles.